The maximum Gasteiger partial charge on any atom is 0.229 e. The van der Waals surface area contributed by atoms with Crippen LogP contribution >= 0.6 is 15.9 Å². The average molecular weight is 402 g/mol. The van der Waals surface area contributed by atoms with E-state index in [2.05, 4.69) is 59.5 Å². The van der Waals surface area contributed by atoms with Gasteiger partial charge in [-0.25, -0.2) is 4.98 Å². The summed E-state index contributed by atoms with van der Waals surface area (Å²) >= 11 is 3.41. The number of benzene rings is 1. The number of morpholine rings is 1. The fraction of sp³-hybridized carbons (Fsp3) is 0.333. The number of halogens is 1. The van der Waals surface area contributed by atoms with Crippen LogP contribution in [-0.2, 0) is 11.3 Å². The van der Waals surface area contributed by atoms with Gasteiger partial charge in [-0.3, -0.25) is 4.90 Å². The molecule has 7 heteroatoms. The molecule has 3 rings (SSSR count). The zero-order valence-electron chi connectivity index (χ0n) is 13.8. The standard InChI is InChI=1S/C18H20BrN5O/c1-2-6-20-17-16(19)12-21-18(23-17)22-15-5-3-4-14(11-15)13-24-7-9-25-10-8-24/h1,3-5,11-12H,6-10,13H2,(H2,20,21,22,23). The normalized spacial score (nSPS) is 14.7. The molecule has 1 aromatic carbocycles. The third kappa shape index (κ3) is 5.16. The summed E-state index contributed by atoms with van der Waals surface area (Å²) in [6.45, 7) is 4.87. The molecule has 0 spiro atoms. The third-order valence-electron chi connectivity index (χ3n) is 3.80. The largest absolute Gasteiger partial charge is 0.379 e. The summed E-state index contributed by atoms with van der Waals surface area (Å²) in [6, 6.07) is 8.29. The highest BCUT2D eigenvalue weighted by Crippen LogP contribution is 2.22. The topological polar surface area (TPSA) is 62.3 Å². The Morgan fingerprint density at radius 1 is 1.32 bits per heavy atom. The highest BCUT2D eigenvalue weighted by molar-refractivity contribution is 9.10. The Bertz CT molecular complexity index is 755. The predicted octanol–water partition coefficient (Wildman–Crippen LogP) is 2.86. The molecule has 0 bridgehead atoms. The lowest BCUT2D eigenvalue weighted by atomic mass is 10.2. The van der Waals surface area contributed by atoms with Crippen LogP contribution in [-0.4, -0.2) is 47.7 Å². The molecule has 6 nitrogen and oxygen atoms in total. The van der Waals surface area contributed by atoms with Gasteiger partial charge in [0, 0.05) is 31.5 Å². The van der Waals surface area contributed by atoms with Crippen molar-refractivity contribution < 1.29 is 4.74 Å². The Hall–Kier alpha value is -2.14. The van der Waals surface area contributed by atoms with Gasteiger partial charge in [-0.1, -0.05) is 18.1 Å². The van der Waals surface area contributed by atoms with Crippen LogP contribution < -0.4 is 10.6 Å². The van der Waals surface area contributed by atoms with Crippen LogP contribution in [0.2, 0.25) is 0 Å². The zero-order chi connectivity index (χ0) is 17.5. The van der Waals surface area contributed by atoms with Gasteiger partial charge in [-0.2, -0.15) is 4.98 Å². The van der Waals surface area contributed by atoms with Crippen LogP contribution in [0, 0.1) is 12.3 Å². The van der Waals surface area contributed by atoms with Gasteiger partial charge in [0.15, 0.2) is 0 Å². The summed E-state index contributed by atoms with van der Waals surface area (Å²) < 4.78 is 6.17. The molecule has 0 amide bonds. The predicted molar refractivity (Wildman–Crippen MR) is 103 cm³/mol. The Balaban J connectivity index is 1.68. The molecule has 2 aromatic rings. The van der Waals surface area contributed by atoms with Gasteiger partial charge in [0.1, 0.15) is 5.82 Å². The SMILES string of the molecule is C#CCNc1nc(Nc2cccc(CN3CCOCC3)c2)ncc1Br. The van der Waals surface area contributed by atoms with Crippen molar-refractivity contribution >= 4 is 33.4 Å². The second-order valence-corrected chi connectivity index (χ2v) is 6.52. The molecule has 2 N–H and O–H groups in total. The average Bonchev–Trinajstić information content (AvgIpc) is 2.63. The third-order valence-corrected chi connectivity index (χ3v) is 4.38. The molecule has 1 aromatic heterocycles. The van der Waals surface area contributed by atoms with E-state index in [-0.39, 0.29) is 0 Å². The van der Waals surface area contributed by atoms with E-state index >= 15 is 0 Å². The van der Waals surface area contributed by atoms with Crippen molar-refractivity contribution in [2.24, 2.45) is 0 Å². The molecule has 0 atom stereocenters. The fourth-order valence-electron chi connectivity index (χ4n) is 2.58. The Labute approximate surface area is 156 Å². The van der Waals surface area contributed by atoms with Crippen LogP contribution in [0.4, 0.5) is 17.5 Å². The van der Waals surface area contributed by atoms with Crippen molar-refractivity contribution in [2.75, 3.05) is 43.5 Å². The van der Waals surface area contributed by atoms with Gasteiger partial charge in [-0.15, -0.1) is 6.42 Å². The van der Waals surface area contributed by atoms with E-state index < -0.39 is 0 Å². The lowest BCUT2D eigenvalue weighted by Gasteiger charge is -2.26. The summed E-state index contributed by atoms with van der Waals surface area (Å²) in [4.78, 5) is 11.1. The second-order valence-electron chi connectivity index (χ2n) is 5.66. The first kappa shape index (κ1) is 17.7. The van der Waals surface area contributed by atoms with E-state index in [9.17, 15) is 0 Å². The highest BCUT2D eigenvalue weighted by Gasteiger charge is 2.11. The quantitative estimate of drug-likeness (QED) is 0.725. The monoisotopic (exact) mass is 401 g/mol. The number of anilines is 3. The van der Waals surface area contributed by atoms with Crippen molar-refractivity contribution in [3.8, 4) is 12.3 Å². The number of hydrogen-bond donors (Lipinski definition) is 2. The van der Waals surface area contributed by atoms with Gasteiger partial charge in [0.25, 0.3) is 0 Å². The van der Waals surface area contributed by atoms with E-state index in [1.165, 1.54) is 5.56 Å². The number of rotatable bonds is 6. The Morgan fingerprint density at radius 3 is 2.96 bits per heavy atom. The molecular formula is C18H20BrN5O. The molecule has 0 saturated carbocycles. The van der Waals surface area contributed by atoms with Crippen molar-refractivity contribution in [1.29, 1.82) is 0 Å². The number of nitrogens with one attached hydrogen (secondary N) is 2. The molecule has 25 heavy (non-hydrogen) atoms. The molecule has 0 aliphatic carbocycles. The first-order valence-corrected chi connectivity index (χ1v) is 8.90. The maximum atomic E-state index is 5.40. The molecule has 0 radical (unpaired) electrons. The lowest BCUT2D eigenvalue weighted by molar-refractivity contribution is 0.0342. The molecule has 0 unspecified atom stereocenters. The van der Waals surface area contributed by atoms with Crippen molar-refractivity contribution in [3.63, 3.8) is 0 Å². The van der Waals surface area contributed by atoms with Crippen molar-refractivity contribution in [1.82, 2.24) is 14.9 Å². The van der Waals surface area contributed by atoms with Crippen molar-refractivity contribution in [2.45, 2.75) is 6.54 Å². The van der Waals surface area contributed by atoms with E-state index in [1.807, 2.05) is 12.1 Å². The van der Waals surface area contributed by atoms with Crippen LogP contribution in [0.5, 0.6) is 0 Å². The number of ether oxygens (including phenoxy) is 1. The van der Waals surface area contributed by atoms with Gasteiger partial charge >= 0.3 is 0 Å². The summed E-state index contributed by atoms with van der Waals surface area (Å²) in [5, 5.41) is 6.31. The first-order chi connectivity index (χ1) is 12.2. The maximum absolute atomic E-state index is 5.40. The van der Waals surface area contributed by atoms with E-state index in [4.69, 9.17) is 11.2 Å². The number of terminal acetylenes is 1. The van der Waals surface area contributed by atoms with Gasteiger partial charge < -0.3 is 15.4 Å². The van der Waals surface area contributed by atoms with Crippen LogP contribution in [0.25, 0.3) is 0 Å². The molecule has 2 heterocycles. The minimum absolute atomic E-state index is 0.407. The second kappa shape index (κ2) is 8.81. The molecule has 1 saturated heterocycles. The molecule has 1 fully saturated rings. The van der Waals surface area contributed by atoms with Crippen LogP contribution in [0.3, 0.4) is 0 Å². The minimum atomic E-state index is 0.407. The van der Waals surface area contributed by atoms with Gasteiger partial charge in [-0.05, 0) is 33.6 Å². The van der Waals surface area contributed by atoms with Crippen LogP contribution in [0.1, 0.15) is 5.56 Å². The van der Waals surface area contributed by atoms with E-state index in [1.54, 1.807) is 6.20 Å². The van der Waals surface area contributed by atoms with Crippen molar-refractivity contribution in [3.05, 3.63) is 40.5 Å². The summed E-state index contributed by atoms with van der Waals surface area (Å²) in [7, 11) is 0. The summed E-state index contributed by atoms with van der Waals surface area (Å²) in [5.41, 5.74) is 2.20. The van der Waals surface area contributed by atoms with Gasteiger partial charge in [0.2, 0.25) is 5.95 Å². The summed E-state index contributed by atoms with van der Waals surface area (Å²) in [6.07, 6.45) is 6.98. The minimum Gasteiger partial charge on any atom is -0.379 e. The number of hydrogen-bond acceptors (Lipinski definition) is 6. The van der Waals surface area contributed by atoms with Crippen LogP contribution in [0.15, 0.2) is 34.9 Å². The summed E-state index contributed by atoms with van der Waals surface area (Å²) in [5.74, 6) is 3.72. The van der Waals surface area contributed by atoms with E-state index in [0.29, 0.717) is 18.3 Å². The molecule has 1 aliphatic heterocycles. The van der Waals surface area contributed by atoms with Gasteiger partial charge in [0.05, 0.1) is 24.2 Å². The molecule has 1 aliphatic rings. The zero-order valence-corrected chi connectivity index (χ0v) is 15.4. The molecular weight excluding hydrogens is 382 g/mol. The van der Waals surface area contributed by atoms with E-state index in [0.717, 1.165) is 43.0 Å². The Kier molecular flexibility index (Phi) is 6.23. The Morgan fingerprint density at radius 2 is 2.16 bits per heavy atom. The number of nitrogens with zero attached hydrogens (tertiary/aromatic N) is 3. The first-order valence-electron chi connectivity index (χ1n) is 8.10. The smallest absolute Gasteiger partial charge is 0.229 e. The molecule has 130 valence electrons. The fourth-order valence-corrected chi connectivity index (χ4v) is 2.91. The number of aromatic nitrogens is 2. The highest BCUT2D eigenvalue weighted by atomic mass is 79.9. The lowest BCUT2D eigenvalue weighted by Crippen LogP contribution is -2.35.